The Balaban J connectivity index is 2.07. The average Bonchev–Trinajstić information content (AvgIpc) is 3.02. The van der Waals surface area contributed by atoms with E-state index in [1.807, 2.05) is 0 Å². The zero-order valence-corrected chi connectivity index (χ0v) is 15.3. The fraction of sp³-hybridized carbons (Fsp3) is 0.353. The molecule has 0 fully saturated rings. The number of hydrogen-bond acceptors (Lipinski definition) is 5. The Bertz CT molecular complexity index is 820. The van der Waals surface area contributed by atoms with Crippen molar-refractivity contribution < 1.29 is 32.6 Å². The minimum atomic E-state index is -4.41. The Morgan fingerprint density at radius 1 is 1.26 bits per heavy atom. The number of nitrogens with zero attached hydrogens (tertiary/aromatic N) is 1. The average molecular weight is 402 g/mol. The van der Waals surface area contributed by atoms with Crippen molar-refractivity contribution in [1.29, 1.82) is 0 Å². The summed E-state index contributed by atoms with van der Waals surface area (Å²) in [7, 11) is 1.32. The molecule has 6 nitrogen and oxygen atoms in total. The molecule has 1 atom stereocenters. The number of aromatic nitrogens is 1. The molecule has 2 aromatic rings. The van der Waals surface area contributed by atoms with E-state index in [-0.39, 0.29) is 13.0 Å². The molecule has 1 aromatic heterocycles. The third-order valence-electron chi connectivity index (χ3n) is 3.67. The standard InChI is InChI=1S/C17H17F3N2O4S/c1-16(9-26-2,15(24)25)22-13(23)7-12-8-27-14(21-12)10-3-5-11(6-4-10)17(18,19)20/h3-6,8H,7,9H2,1-2H3,(H,22,23)(H,24,25). The molecule has 1 heterocycles. The van der Waals surface area contributed by atoms with Crippen LogP contribution in [0.25, 0.3) is 10.6 Å². The highest BCUT2D eigenvalue weighted by molar-refractivity contribution is 7.13. The third kappa shape index (κ3) is 5.27. The van der Waals surface area contributed by atoms with Crippen molar-refractivity contribution >= 4 is 23.2 Å². The zero-order valence-electron chi connectivity index (χ0n) is 14.5. The maximum Gasteiger partial charge on any atom is 0.416 e. The number of carboxylic acids is 1. The fourth-order valence-corrected chi connectivity index (χ4v) is 3.10. The quantitative estimate of drug-likeness (QED) is 0.743. The summed E-state index contributed by atoms with van der Waals surface area (Å²) < 4.78 is 42.7. The highest BCUT2D eigenvalue weighted by Gasteiger charge is 2.35. The first-order chi connectivity index (χ1) is 12.5. The predicted molar refractivity (Wildman–Crippen MR) is 92.3 cm³/mol. The van der Waals surface area contributed by atoms with E-state index in [2.05, 4.69) is 10.3 Å². The first kappa shape index (κ1) is 20.8. The first-order valence-corrected chi connectivity index (χ1v) is 8.58. The van der Waals surface area contributed by atoms with Gasteiger partial charge in [-0.1, -0.05) is 12.1 Å². The van der Waals surface area contributed by atoms with Crippen LogP contribution >= 0.6 is 11.3 Å². The van der Waals surface area contributed by atoms with Crippen LogP contribution in [0.4, 0.5) is 13.2 Å². The van der Waals surface area contributed by atoms with Crippen LogP contribution in [0.3, 0.4) is 0 Å². The van der Waals surface area contributed by atoms with Gasteiger partial charge in [-0.15, -0.1) is 11.3 Å². The van der Waals surface area contributed by atoms with Crippen LogP contribution < -0.4 is 5.32 Å². The van der Waals surface area contributed by atoms with Gasteiger partial charge in [-0.05, 0) is 19.1 Å². The Morgan fingerprint density at radius 3 is 2.41 bits per heavy atom. The maximum absolute atomic E-state index is 12.6. The number of hydrogen-bond donors (Lipinski definition) is 2. The van der Waals surface area contributed by atoms with Gasteiger partial charge in [0.25, 0.3) is 0 Å². The number of carbonyl (C=O) groups excluding carboxylic acids is 1. The molecule has 0 radical (unpaired) electrons. The van der Waals surface area contributed by atoms with Crippen molar-refractivity contribution in [2.24, 2.45) is 0 Å². The number of carbonyl (C=O) groups is 2. The van der Waals surface area contributed by atoms with Crippen LogP contribution in [0.1, 0.15) is 18.2 Å². The molecule has 27 heavy (non-hydrogen) atoms. The van der Waals surface area contributed by atoms with Gasteiger partial charge in [0.1, 0.15) is 5.01 Å². The Hall–Kier alpha value is -2.46. The number of ether oxygens (including phenoxy) is 1. The van der Waals surface area contributed by atoms with E-state index in [1.165, 1.54) is 37.5 Å². The van der Waals surface area contributed by atoms with Gasteiger partial charge < -0.3 is 15.2 Å². The summed E-state index contributed by atoms with van der Waals surface area (Å²) in [6, 6.07) is 4.55. The van der Waals surface area contributed by atoms with Crippen molar-refractivity contribution in [3.05, 3.63) is 40.9 Å². The van der Waals surface area contributed by atoms with E-state index in [1.54, 1.807) is 5.38 Å². The van der Waals surface area contributed by atoms with Gasteiger partial charge in [-0.2, -0.15) is 13.2 Å². The van der Waals surface area contributed by atoms with Gasteiger partial charge in [0, 0.05) is 18.1 Å². The Morgan fingerprint density at radius 2 is 1.89 bits per heavy atom. The van der Waals surface area contributed by atoms with E-state index in [9.17, 15) is 27.9 Å². The molecule has 0 saturated carbocycles. The number of amides is 1. The van der Waals surface area contributed by atoms with Crippen LogP contribution in [0.2, 0.25) is 0 Å². The highest BCUT2D eigenvalue weighted by atomic mass is 32.1. The number of halogens is 3. The molecule has 0 aliphatic carbocycles. The smallest absolute Gasteiger partial charge is 0.416 e. The summed E-state index contributed by atoms with van der Waals surface area (Å²) in [5.74, 6) is -1.79. The minimum Gasteiger partial charge on any atom is -0.479 e. The maximum atomic E-state index is 12.6. The van der Waals surface area contributed by atoms with Crippen LogP contribution in [0.15, 0.2) is 29.6 Å². The van der Waals surface area contributed by atoms with E-state index in [0.717, 1.165) is 12.1 Å². The largest absolute Gasteiger partial charge is 0.479 e. The lowest BCUT2D eigenvalue weighted by Gasteiger charge is -2.25. The number of carboxylic acid groups (broad SMARTS) is 1. The summed E-state index contributed by atoms with van der Waals surface area (Å²) in [5, 5.41) is 13.7. The number of aliphatic carboxylic acids is 1. The molecule has 1 amide bonds. The molecule has 0 saturated heterocycles. The lowest BCUT2D eigenvalue weighted by molar-refractivity contribution is -0.149. The second kappa shape index (κ2) is 8.05. The minimum absolute atomic E-state index is 0.163. The lowest BCUT2D eigenvalue weighted by atomic mass is 10.0. The van der Waals surface area contributed by atoms with Crippen molar-refractivity contribution in [1.82, 2.24) is 10.3 Å². The molecule has 2 rings (SSSR count). The van der Waals surface area contributed by atoms with Crippen LogP contribution in [0.5, 0.6) is 0 Å². The molecule has 2 N–H and O–H groups in total. The van der Waals surface area contributed by atoms with Gasteiger partial charge in [0.05, 0.1) is 24.3 Å². The van der Waals surface area contributed by atoms with Gasteiger partial charge in [-0.3, -0.25) is 4.79 Å². The molecule has 0 aliphatic heterocycles. The molecule has 1 aromatic carbocycles. The number of methoxy groups -OCH3 is 1. The van der Waals surface area contributed by atoms with E-state index in [0.29, 0.717) is 16.3 Å². The summed E-state index contributed by atoms with van der Waals surface area (Å²) in [6.07, 6.45) is -4.58. The van der Waals surface area contributed by atoms with Crippen molar-refractivity contribution in [3.63, 3.8) is 0 Å². The molecular weight excluding hydrogens is 385 g/mol. The molecule has 146 valence electrons. The number of benzene rings is 1. The molecule has 0 aliphatic rings. The van der Waals surface area contributed by atoms with Gasteiger partial charge in [-0.25, -0.2) is 9.78 Å². The fourth-order valence-electron chi connectivity index (χ4n) is 2.28. The number of rotatable bonds is 7. The number of nitrogens with one attached hydrogen (secondary N) is 1. The Kier molecular flexibility index (Phi) is 6.22. The molecular formula is C17H17F3N2O4S. The Labute approximate surface area is 157 Å². The number of alkyl halides is 3. The topological polar surface area (TPSA) is 88.5 Å². The van der Waals surface area contributed by atoms with E-state index in [4.69, 9.17) is 4.74 Å². The molecule has 1 unspecified atom stereocenters. The van der Waals surface area contributed by atoms with Crippen molar-refractivity contribution in [2.45, 2.75) is 25.1 Å². The molecule has 0 bridgehead atoms. The van der Waals surface area contributed by atoms with Gasteiger partial charge >= 0.3 is 12.1 Å². The first-order valence-electron chi connectivity index (χ1n) is 7.70. The van der Waals surface area contributed by atoms with E-state index < -0.39 is 29.2 Å². The second-order valence-electron chi connectivity index (χ2n) is 6.01. The number of thiazole rings is 1. The monoisotopic (exact) mass is 402 g/mol. The molecule has 0 spiro atoms. The van der Waals surface area contributed by atoms with Gasteiger partial charge in [0.2, 0.25) is 5.91 Å². The zero-order chi connectivity index (χ0) is 20.2. The summed E-state index contributed by atoms with van der Waals surface area (Å²) in [5.41, 5.74) is -1.45. The van der Waals surface area contributed by atoms with Gasteiger partial charge in [0.15, 0.2) is 5.54 Å². The lowest BCUT2D eigenvalue weighted by Crippen LogP contribution is -2.55. The summed E-state index contributed by atoms with van der Waals surface area (Å²) in [6.45, 7) is 1.12. The van der Waals surface area contributed by atoms with Crippen molar-refractivity contribution in [2.75, 3.05) is 13.7 Å². The second-order valence-corrected chi connectivity index (χ2v) is 6.87. The predicted octanol–water partition coefficient (Wildman–Crippen LogP) is 2.98. The highest BCUT2D eigenvalue weighted by Crippen LogP contribution is 2.31. The van der Waals surface area contributed by atoms with Crippen molar-refractivity contribution in [3.8, 4) is 10.6 Å². The SMILES string of the molecule is COCC(C)(NC(=O)Cc1csc(-c2ccc(C(F)(F)F)cc2)n1)C(=O)O. The third-order valence-corrected chi connectivity index (χ3v) is 4.61. The normalized spacial score (nSPS) is 13.8. The molecule has 10 heteroatoms. The van der Waals surface area contributed by atoms with Crippen LogP contribution in [-0.4, -0.2) is 41.2 Å². The van der Waals surface area contributed by atoms with Crippen LogP contribution in [-0.2, 0) is 26.9 Å². The summed E-state index contributed by atoms with van der Waals surface area (Å²) in [4.78, 5) is 27.6. The van der Waals surface area contributed by atoms with Crippen LogP contribution in [0, 0.1) is 0 Å². The van der Waals surface area contributed by atoms with E-state index >= 15 is 0 Å². The summed E-state index contributed by atoms with van der Waals surface area (Å²) >= 11 is 1.18.